The van der Waals surface area contributed by atoms with Crippen LogP contribution in [0.4, 0.5) is 0 Å². The molecule has 100 valence electrons. The molecule has 1 amide bonds. The van der Waals surface area contributed by atoms with E-state index in [9.17, 15) is 4.79 Å². The molecular formula is C12H20N4O2. The van der Waals surface area contributed by atoms with E-state index >= 15 is 0 Å². The maximum Gasteiger partial charge on any atom is 0.248 e. The maximum atomic E-state index is 11.4. The minimum absolute atomic E-state index is 0.00337. The summed E-state index contributed by atoms with van der Waals surface area (Å²) < 4.78 is 7.47. The van der Waals surface area contributed by atoms with E-state index in [0.717, 1.165) is 19.6 Å². The largest absolute Gasteiger partial charge is 0.371 e. The molecule has 1 aromatic heterocycles. The molecule has 18 heavy (non-hydrogen) atoms. The van der Waals surface area contributed by atoms with E-state index in [2.05, 4.69) is 10.4 Å². The van der Waals surface area contributed by atoms with Crippen molar-refractivity contribution in [2.45, 2.75) is 13.1 Å². The lowest BCUT2D eigenvalue weighted by Gasteiger charge is -2.16. The molecule has 0 saturated heterocycles. The number of amides is 1. The molecule has 1 aliphatic heterocycles. The average molecular weight is 252 g/mol. The SMILES string of the molecule is CN(C)C(=O)COC[C@@H]1CNCc2ccnn2C1. The molecule has 0 bridgehead atoms. The van der Waals surface area contributed by atoms with Crippen LogP contribution < -0.4 is 5.32 Å². The highest BCUT2D eigenvalue weighted by molar-refractivity contribution is 5.76. The van der Waals surface area contributed by atoms with Crippen molar-refractivity contribution >= 4 is 5.91 Å². The van der Waals surface area contributed by atoms with Crippen LogP contribution in [-0.4, -0.2) is 54.4 Å². The lowest BCUT2D eigenvalue weighted by Crippen LogP contribution is -2.30. The van der Waals surface area contributed by atoms with Gasteiger partial charge in [0.05, 0.1) is 12.3 Å². The molecule has 1 aromatic rings. The second-order valence-electron chi connectivity index (χ2n) is 4.80. The van der Waals surface area contributed by atoms with Crippen molar-refractivity contribution in [3.05, 3.63) is 18.0 Å². The number of ether oxygens (including phenoxy) is 1. The molecule has 0 spiro atoms. The van der Waals surface area contributed by atoms with Crippen LogP contribution in [0.2, 0.25) is 0 Å². The third kappa shape index (κ3) is 3.30. The lowest BCUT2D eigenvalue weighted by atomic mass is 10.1. The molecule has 6 nitrogen and oxygen atoms in total. The van der Waals surface area contributed by atoms with Crippen molar-refractivity contribution in [3.63, 3.8) is 0 Å². The fourth-order valence-electron chi connectivity index (χ4n) is 1.94. The van der Waals surface area contributed by atoms with Gasteiger partial charge >= 0.3 is 0 Å². The van der Waals surface area contributed by atoms with E-state index in [-0.39, 0.29) is 12.5 Å². The van der Waals surface area contributed by atoms with Crippen LogP contribution in [0.5, 0.6) is 0 Å². The Bertz CT molecular complexity index is 403. The van der Waals surface area contributed by atoms with E-state index < -0.39 is 0 Å². The molecule has 0 aromatic carbocycles. The number of nitrogens with one attached hydrogen (secondary N) is 1. The zero-order valence-electron chi connectivity index (χ0n) is 10.9. The van der Waals surface area contributed by atoms with Crippen LogP contribution >= 0.6 is 0 Å². The van der Waals surface area contributed by atoms with E-state index in [1.165, 1.54) is 10.6 Å². The molecule has 0 aliphatic carbocycles. The van der Waals surface area contributed by atoms with Crippen molar-refractivity contribution in [3.8, 4) is 0 Å². The molecule has 1 atom stereocenters. The van der Waals surface area contributed by atoms with Crippen molar-refractivity contribution in [1.29, 1.82) is 0 Å². The molecule has 0 radical (unpaired) electrons. The first-order valence-corrected chi connectivity index (χ1v) is 6.16. The third-order valence-corrected chi connectivity index (χ3v) is 3.05. The topological polar surface area (TPSA) is 59.4 Å². The van der Waals surface area contributed by atoms with Crippen molar-refractivity contribution in [1.82, 2.24) is 20.0 Å². The summed E-state index contributed by atoms with van der Waals surface area (Å²) in [5, 5.41) is 7.65. The summed E-state index contributed by atoms with van der Waals surface area (Å²) in [5.41, 5.74) is 1.20. The fraction of sp³-hybridized carbons (Fsp3) is 0.667. The monoisotopic (exact) mass is 252 g/mol. The Morgan fingerprint density at radius 2 is 2.50 bits per heavy atom. The number of fused-ring (bicyclic) bond motifs is 1. The average Bonchev–Trinajstić information content (AvgIpc) is 2.68. The zero-order chi connectivity index (χ0) is 13.0. The molecule has 0 fully saturated rings. The van der Waals surface area contributed by atoms with E-state index in [0.29, 0.717) is 12.5 Å². The number of carbonyl (C=O) groups is 1. The first kappa shape index (κ1) is 13.0. The summed E-state index contributed by atoms with van der Waals surface area (Å²) in [4.78, 5) is 12.9. The number of rotatable bonds is 4. The van der Waals surface area contributed by atoms with E-state index in [1.807, 2.05) is 16.9 Å². The Morgan fingerprint density at radius 1 is 1.67 bits per heavy atom. The number of nitrogens with zero attached hydrogens (tertiary/aromatic N) is 3. The van der Waals surface area contributed by atoms with Gasteiger partial charge in [-0.05, 0) is 6.07 Å². The van der Waals surface area contributed by atoms with Crippen LogP contribution in [0.15, 0.2) is 12.3 Å². The van der Waals surface area contributed by atoms with Gasteiger partial charge in [-0.15, -0.1) is 0 Å². The predicted octanol–water partition coefficient (Wildman–Crippen LogP) is -0.293. The van der Waals surface area contributed by atoms with Crippen LogP contribution in [0, 0.1) is 5.92 Å². The molecule has 2 rings (SSSR count). The van der Waals surface area contributed by atoms with Crippen molar-refractivity contribution in [2.24, 2.45) is 5.92 Å². The normalized spacial score (nSPS) is 19.1. The second kappa shape index (κ2) is 5.97. The summed E-state index contributed by atoms with van der Waals surface area (Å²) in [6.07, 6.45) is 1.82. The Morgan fingerprint density at radius 3 is 3.28 bits per heavy atom. The van der Waals surface area contributed by atoms with Gasteiger partial charge in [-0.2, -0.15) is 5.10 Å². The number of carbonyl (C=O) groups excluding carboxylic acids is 1. The Kier molecular flexibility index (Phi) is 4.33. The van der Waals surface area contributed by atoms with E-state index in [1.54, 1.807) is 14.1 Å². The van der Waals surface area contributed by atoms with Gasteiger partial charge in [0, 0.05) is 45.8 Å². The highest BCUT2D eigenvalue weighted by Crippen LogP contribution is 2.09. The maximum absolute atomic E-state index is 11.4. The summed E-state index contributed by atoms with van der Waals surface area (Å²) in [7, 11) is 3.46. The molecule has 1 N–H and O–H groups in total. The first-order chi connectivity index (χ1) is 8.66. The smallest absolute Gasteiger partial charge is 0.248 e. The fourth-order valence-corrected chi connectivity index (χ4v) is 1.94. The summed E-state index contributed by atoms with van der Waals surface area (Å²) in [6, 6.07) is 2.02. The Labute approximate surface area is 107 Å². The van der Waals surface area contributed by atoms with Gasteiger partial charge < -0.3 is 15.0 Å². The minimum Gasteiger partial charge on any atom is -0.371 e. The summed E-state index contributed by atoms with van der Waals surface area (Å²) >= 11 is 0. The number of aromatic nitrogens is 2. The van der Waals surface area contributed by atoms with Gasteiger partial charge in [0.15, 0.2) is 0 Å². The first-order valence-electron chi connectivity index (χ1n) is 6.16. The van der Waals surface area contributed by atoms with E-state index in [4.69, 9.17) is 4.74 Å². The van der Waals surface area contributed by atoms with Gasteiger partial charge in [-0.3, -0.25) is 9.48 Å². The summed E-state index contributed by atoms with van der Waals surface area (Å²) in [5.74, 6) is 0.345. The second-order valence-corrected chi connectivity index (χ2v) is 4.80. The molecule has 6 heteroatoms. The highest BCUT2D eigenvalue weighted by atomic mass is 16.5. The standard InChI is InChI=1S/C12H20N4O2/c1-15(2)12(17)9-18-8-10-5-13-6-11-3-4-14-16(11)7-10/h3-4,10,13H,5-9H2,1-2H3/t10-/m1/s1. The number of hydrogen-bond acceptors (Lipinski definition) is 4. The van der Waals surface area contributed by atoms with Gasteiger partial charge in [0.25, 0.3) is 0 Å². The predicted molar refractivity (Wildman–Crippen MR) is 66.9 cm³/mol. The molecule has 1 aliphatic rings. The van der Waals surface area contributed by atoms with Crippen molar-refractivity contribution in [2.75, 3.05) is 33.9 Å². The lowest BCUT2D eigenvalue weighted by molar-refractivity contribution is -0.134. The Hall–Kier alpha value is -1.40. The van der Waals surface area contributed by atoms with Crippen LogP contribution in [0.1, 0.15) is 5.69 Å². The van der Waals surface area contributed by atoms with Gasteiger partial charge in [0.2, 0.25) is 5.91 Å². The quantitative estimate of drug-likeness (QED) is 0.800. The zero-order valence-corrected chi connectivity index (χ0v) is 10.9. The van der Waals surface area contributed by atoms with Crippen LogP contribution in [-0.2, 0) is 22.6 Å². The van der Waals surface area contributed by atoms with Gasteiger partial charge in [0.1, 0.15) is 6.61 Å². The number of hydrogen-bond donors (Lipinski definition) is 1. The summed E-state index contributed by atoms with van der Waals surface area (Å²) in [6.45, 7) is 3.29. The molecular weight excluding hydrogens is 232 g/mol. The van der Waals surface area contributed by atoms with Gasteiger partial charge in [-0.25, -0.2) is 0 Å². The third-order valence-electron chi connectivity index (χ3n) is 3.05. The highest BCUT2D eigenvalue weighted by Gasteiger charge is 2.17. The van der Waals surface area contributed by atoms with Crippen molar-refractivity contribution < 1.29 is 9.53 Å². The van der Waals surface area contributed by atoms with Crippen LogP contribution in [0.3, 0.4) is 0 Å². The minimum atomic E-state index is -0.00337. The molecule has 0 unspecified atom stereocenters. The van der Waals surface area contributed by atoms with Crippen LogP contribution in [0.25, 0.3) is 0 Å². The number of likely N-dealkylation sites (N-methyl/N-ethyl adjacent to an activating group) is 1. The molecule has 2 heterocycles. The molecule has 0 saturated carbocycles. The van der Waals surface area contributed by atoms with Gasteiger partial charge in [-0.1, -0.05) is 0 Å². The Balaban J connectivity index is 1.79.